The van der Waals surface area contributed by atoms with Gasteiger partial charge >= 0.3 is 0 Å². The van der Waals surface area contributed by atoms with E-state index in [4.69, 9.17) is 5.73 Å². The molecule has 1 aliphatic carbocycles. The molecule has 0 atom stereocenters. The Labute approximate surface area is 77.7 Å². The molecule has 1 heterocycles. The second-order valence-corrected chi connectivity index (χ2v) is 3.35. The van der Waals surface area contributed by atoms with Gasteiger partial charge in [-0.1, -0.05) is 6.07 Å². The number of rotatable bonds is 3. The molecule has 1 aromatic heterocycles. The Balaban J connectivity index is 1.97. The van der Waals surface area contributed by atoms with Gasteiger partial charge in [0.15, 0.2) is 0 Å². The third-order valence-electron chi connectivity index (χ3n) is 1.98. The third kappa shape index (κ3) is 2.54. The van der Waals surface area contributed by atoms with Crippen molar-refractivity contribution in [1.82, 2.24) is 4.98 Å². The summed E-state index contributed by atoms with van der Waals surface area (Å²) in [5.41, 5.74) is 6.75. The highest BCUT2D eigenvalue weighted by atomic mass is 14.9. The van der Waals surface area contributed by atoms with Crippen LogP contribution in [0, 0.1) is 0 Å². The highest BCUT2D eigenvalue weighted by molar-refractivity contribution is 5.82. The van der Waals surface area contributed by atoms with Crippen LogP contribution in [0.25, 0.3) is 0 Å². The Kier molecular flexibility index (Phi) is 2.25. The van der Waals surface area contributed by atoms with E-state index in [1.54, 1.807) is 6.20 Å². The lowest BCUT2D eigenvalue weighted by molar-refractivity contribution is 1.03. The summed E-state index contributed by atoms with van der Waals surface area (Å²) in [6.45, 7) is 0. The van der Waals surface area contributed by atoms with Crippen molar-refractivity contribution < 1.29 is 0 Å². The van der Waals surface area contributed by atoms with E-state index in [0.717, 1.165) is 5.69 Å². The molecule has 0 amide bonds. The number of nitrogens with zero attached hydrogens (tertiary/aromatic N) is 2. The Morgan fingerprint density at radius 3 is 3.00 bits per heavy atom. The van der Waals surface area contributed by atoms with E-state index >= 15 is 0 Å². The predicted molar refractivity (Wildman–Crippen MR) is 52.6 cm³/mol. The zero-order valence-corrected chi connectivity index (χ0v) is 7.48. The van der Waals surface area contributed by atoms with Crippen molar-refractivity contribution in [1.29, 1.82) is 0 Å². The van der Waals surface area contributed by atoms with Crippen LogP contribution in [0.1, 0.15) is 18.5 Å². The molecule has 3 nitrogen and oxygen atoms in total. The summed E-state index contributed by atoms with van der Waals surface area (Å²) in [4.78, 5) is 8.52. The van der Waals surface area contributed by atoms with Crippen LogP contribution in [0.5, 0.6) is 0 Å². The van der Waals surface area contributed by atoms with Crippen molar-refractivity contribution in [3.63, 3.8) is 0 Å². The fourth-order valence-corrected chi connectivity index (χ4v) is 1.17. The Morgan fingerprint density at radius 2 is 2.38 bits per heavy atom. The number of nitrogens with two attached hydrogens (primary N) is 1. The molecule has 0 aliphatic heterocycles. The average Bonchev–Trinajstić information content (AvgIpc) is 2.90. The molecule has 0 spiro atoms. The molecule has 0 saturated heterocycles. The van der Waals surface area contributed by atoms with Gasteiger partial charge in [-0.05, 0) is 25.0 Å². The van der Waals surface area contributed by atoms with Crippen LogP contribution in [-0.4, -0.2) is 16.9 Å². The van der Waals surface area contributed by atoms with Gasteiger partial charge in [0, 0.05) is 18.3 Å². The van der Waals surface area contributed by atoms with Gasteiger partial charge in [-0.3, -0.25) is 9.98 Å². The van der Waals surface area contributed by atoms with Gasteiger partial charge in [0.1, 0.15) is 5.84 Å². The van der Waals surface area contributed by atoms with E-state index in [-0.39, 0.29) is 0 Å². The molecule has 1 saturated carbocycles. The van der Waals surface area contributed by atoms with Crippen molar-refractivity contribution in [2.75, 3.05) is 0 Å². The van der Waals surface area contributed by atoms with E-state index < -0.39 is 0 Å². The van der Waals surface area contributed by atoms with Crippen LogP contribution < -0.4 is 5.73 Å². The van der Waals surface area contributed by atoms with Crippen molar-refractivity contribution in [2.45, 2.75) is 25.3 Å². The molecule has 13 heavy (non-hydrogen) atoms. The Hall–Kier alpha value is -1.38. The molecule has 1 fully saturated rings. The number of hydrogen-bond donors (Lipinski definition) is 1. The van der Waals surface area contributed by atoms with Crippen LogP contribution >= 0.6 is 0 Å². The largest absolute Gasteiger partial charge is 0.387 e. The molecular weight excluding hydrogens is 162 g/mol. The van der Waals surface area contributed by atoms with E-state index in [9.17, 15) is 0 Å². The molecule has 0 radical (unpaired) electrons. The minimum atomic E-state index is 0.503. The fourth-order valence-electron chi connectivity index (χ4n) is 1.17. The van der Waals surface area contributed by atoms with Crippen LogP contribution in [0.2, 0.25) is 0 Å². The van der Waals surface area contributed by atoms with Crippen LogP contribution in [0.15, 0.2) is 29.4 Å². The maximum Gasteiger partial charge on any atom is 0.100 e. The molecule has 3 heteroatoms. The van der Waals surface area contributed by atoms with Gasteiger partial charge in [0.05, 0.1) is 6.04 Å². The highest BCUT2D eigenvalue weighted by Gasteiger charge is 2.20. The predicted octanol–water partition coefficient (Wildman–Crippen LogP) is 1.14. The topological polar surface area (TPSA) is 51.3 Å². The van der Waals surface area contributed by atoms with Crippen LogP contribution in [-0.2, 0) is 6.42 Å². The molecular formula is C10H13N3. The van der Waals surface area contributed by atoms with Gasteiger partial charge < -0.3 is 5.73 Å². The SMILES string of the molecule is NC(Cc1ccccn1)=NC1CC1. The highest BCUT2D eigenvalue weighted by Crippen LogP contribution is 2.23. The molecule has 2 N–H and O–H groups in total. The maximum atomic E-state index is 5.76. The standard InChI is InChI=1S/C10H13N3/c11-10(13-8-4-5-8)7-9-3-1-2-6-12-9/h1-3,6,8H,4-5,7H2,(H2,11,13). The van der Waals surface area contributed by atoms with E-state index in [2.05, 4.69) is 9.98 Å². The molecule has 2 rings (SSSR count). The van der Waals surface area contributed by atoms with Gasteiger partial charge in [0.2, 0.25) is 0 Å². The first-order valence-electron chi connectivity index (χ1n) is 4.56. The van der Waals surface area contributed by atoms with Crippen LogP contribution in [0.3, 0.4) is 0 Å². The monoisotopic (exact) mass is 175 g/mol. The van der Waals surface area contributed by atoms with E-state index in [1.807, 2.05) is 18.2 Å². The van der Waals surface area contributed by atoms with Crippen LogP contribution in [0.4, 0.5) is 0 Å². The lowest BCUT2D eigenvalue weighted by Crippen LogP contribution is -2.16. The lowest BCUT2D eigenvalue weighted by atomic mass is 10.2. The molecule has 1 aliphatic rings. The summed E-state index contributed by atoms with van der Waals surface area (Å²) in [5.74, 6) is 0.709. The minimum absolute atomic E-state index is 0.503. The number of amidine groups is 1. The minimum Gasteiger partial charge on any atom is -0.387 e. The quantitative estimate of drug-likeness (QED) is 0.553. The zero-order valence-electron chi connectivity index (χ0n) is 7.48. The summed E-state index contributed by atoms with van der Waals surface area (Å²) >= 11 is 0. The zero-order chi connectivity index (χ0) is 9.10. The van der Waals surface area contributed by atoms with Crippen molar-refractivity contribution >= 4 is 5.84 Å². The summed E-state index contributed by atoms with van der Waals surface area (Å²) in [7, 11) is 0. The first-order valence-corrected chi connectivity index (χ1v) is 4.56. The summed E-state index contributed by atoms with van der Waals surface area (Å²) < 4.78 is 0. The van der Waals surface area contributed by atoms with Crippen molar-refractivity contribution in [2.24, 2.45) is 10.7 Å². The smallest absolute Gasteiger partial charge is 0.100 e. The van der Waals surface area contributed by atoms with E-state index in [1.165, 1.54) is 12.8 Å². The lowest BCUT2D eigenvalue weighted by Gasteiger charge is -1.99. The van der Waals surface area contributed by atoms with Crippen molar-refractivity contribution in [3.8, 4) is 0 Å². The van der Waals surface area contributed by atoms with Gasteiger partial charge in [0.25, 0.3) is 0 Å². The summed E-state index contributed by atoms with van der Waals surface area (Å²) in [5, 5.41) is 0. The number of aromatic nitrogens is 1. The Morgan fingerprint density at radius 1 is 1.54 bits per heavy atom. The second-order valence-electron chi connectivity index (χ2n) is 3.35. The van der Waals surface area contributed by atoms with Crippen molar-refractivity contribution in [3.05, 3.63) is 30.1 Å². The summed E-state index contributed by atoms with van der Waals surface area (Å²) in [6, 6.07) is 6.34. The first kappa shape index (κ1) is 8.23. The first-order chi connectivity index (χ1) is 6.34. The number of hydrogen-bond acceptors (Lipinski definition) is 2. The molecule has 0 unspecified atom stereocenters. The van der Waals surface area contributed by atoms with Gasteiger partial charge in [-0.25, -0.2) is 0 Å². The van der Waals surface area contributed by atoms with Gasteiger partial charge in [-0.15, -0.1) is 0 Å². The number of aliphatic imine (C=N–C) groups is 1. The number of pyridine rings is 1. The molecule has 1 aromatic rings. The normalized spacial score (nSPS) is 17.4. The maximum absolute atomic E-state index is 5.76. The fraction of sp³-hybridized carbons (Fsp3) is 0.400. The second kappa shape index (κ2) is 3.56. The van der Waals surface area contributed by atoms with Gasteiger partial charge in [-0.2, -0.15) is 0 Å². The molecule has 0 bridgehead atoms. The Bertz CT molecular complexity index is 301. The molecule has 0 aromatic carbocycles. The summed E-state index contributed by atoms with van der Waals surface area (Å²) in [6.07, 6.45) is 4.85. The molecule has 68 valence electrons. The third-order valence-corrected chi connectivity index (χ3v) is 1.98. The van der Waals surface area contributed by atoms with E-state index in [0.29, 0.717) is 18.3 Å². The average molecular weight is 175 g/mol.